The van der Waals surface area contributed by atoms with Gasteiger partial charge >= 0.3 is 0 Å². The van der Waals surface area contributed by atoms with Gasteiger partial charge in [0.15, 0.2) is 5.75 Å². The molecule has 2 fully saturated rings. The van der Waals surface area contributed by atoms with E-state index in [2.05, 4.69) is 42.7 Å². The smallest absolute Gasteiger partial charge is 0.251 e. The van der Waals surface area contributed by atoms with Crippen LogP contribution in [-0.4, -0.2) is 55.1 Å². The zero-order valence-corrected chi connectivity index (χ0v) is 27.7. The molecule has 0 bridgehead atoms. The van der Waals surface area contributed by atoms with Crippen molar-refractivity contribution in [3.63, 3.8) is 0 Å². The minimum Gasteiger partial charge on any atom is -0.490 e. The van der Waals surface area contributed by atoms with E-state index < -0.39 is 0 Å². The fourth-order valence-corrected chi connectivity index (χ4v) is 6.16. The average molecular weight is 661 g/mol. The molecule has 2 N–H and O–H groups in total. The fourth-order valence-electron chi connectivity index (χ4n) is 5.46. The van der Waals surface area contributed by atoms with Crippen LogP contribution < -0.4 is 20.1 Å². The van der Waals surface area contributed by atoms with Gasteiger partial charge in [-0.1, -0.05) is 41.4 Å². The van der Waals surface area contributed by atoms with Crippen LogP contribution in [0.3, 0.4) is 0 Å². The van der Waals surface area contributed by atoms with Crippen LogP contribution >= 0.6 is 35.6 Å². The van der Waals surface area contributed by atoms with E-state index in [1.807, 2.05) is 11.8 Å². The molecule has 0 aromatic heterocycles. The van der Waals surface area contributed by atoms with Crippen molar-refractivity contribution in [3.8, 4) is 11.5 Å². The molecule has 5 rings (SSSR count). The Kier molecular flexibility index (Phi) is 11.8. The number of piperidine rings is 1. The van der Waals surface area contributed by atoms with Gasteiger partial charge in [0.05, 0.1) is 16.0 Å². The van der Waals surface area contributed by atoms with Crippen LogP contribution in [0, 0.1) is 26.7 Å². The zero-order chi connectivity index (χ0) is 30.5. The van der Waals surface area contributed by atoms with Crippen LogP contribution in [0.1, 0.15) is 51.9 Å². The van der Waals surface area contributed by atoms with Gasteiger partial charge in [0.1, 0.15) is 19.0 Å². The summed E-state index contributed by atoms with van der Waals surface area (Å²) in [5, 5.41) is 7.43. The first kappa shape index (κ1) is 33.9. The number of amides is 2. The lowest BCUT2D eigenvalue weighted by Crippen LogP contribution is -2.55. The van der Waals surface area contributed by atoms with E-state index >= 15 is 0 Å². The molecule has 3 aromatic carbocycles. The molecular weight excluding hydrogens is 621 g/mol. The second kappa shape index (κ2) is 15.3. The first-order chi connectivity index (χ1) is 20.7. The molecule has 1 saturated carbocycles. The van der Waals surface area contributed by atoms with E-state index in [1.165, 1.54) is 11.1 Å². The Bertz CT molecular complexity index is 1440. The average Bonchev–Trinajstić information content (AvgIpc) is 3.82. The molecule has 236 valence electrons. The van der Waals surface area contributed by atoms with Gasteiger partial charge in [0, 0.05) is 30.7 Å². The van der Waals surface area contributed by atoms with Crippen LogP contribution in [-0.2, 0) is 11.3 Å². The van der Waals surface area contributed by atoms with Crippen molar-refractivity contribution in [1.82, 2.24) is 15.5 Å². The summed E-state index contributed by atoms with van der Waals surface area (Å²) in [5.41, 5.74) is 5.09. The maximum atomic E-state index is 13.9. The number of nitrogens with zero attached hydrogens (tertiary/aromatic N) is 1. The summed E-state index contributed by atoms with van der Waals surface area (Å²) < 4.78 is 11.5. The molecule has 1 aliphatic carbocycles. The largest absolute Gasteiger partial charge is 0.490 e. The topological polar surface area (TPSA) is 79.9 Å². The number of benzene rings is 3. The number of carbonyl (C=O) groups excluding carboxylic acids is 2. The number of ether oxygens (including phenoxy) is 2. The SMILES string of the molecule is Cc1cc(Cl)c(OCCOc2ccc(C(=O)N[C@H]3CCNCC3C(=O)N(Cc3ccc(C)c(C)c3)C3CC3)cc2)c(Cl)c1.Cl. The van der Waals surface area contributed by atoms with Gasteiger partial charge in [-0.05, 0) is 105 Å². The number of hydrogen-bond acceptors (Lipinski definition) is 5. The van der Waals surface area contributed by atoms with Crippen LogP contribution in [0.5, 0.6) is 11.5 Å². The van der Waals surface area contributed by atoms with Crippen LogP contribution in [0.2, 0.25) is 10.0 Å². The molecule has 1 saturated heterocycles. The maximum Gasteiger partial charge on any atom is 0.251 e. The van der Waals surface area contributed by atoms with Gasteiger partial charge in [0.25, 0.3) is 5.91 Å². The second-order valence-electron chi connectivity index (χ2n) is 11.6. The molecular formula is C34H40Cl3N3O4. The quantitative estimate of drug-likeness (QED) is 0.224. The lowest BCUT2D eigenvalue weighted by molar-refractivity contribution is -0.138. The third-order valence-corrected chi connectivity index (χ3v) is 8.73. The number of hydrogen-bond donors (Lipinski definition) is 2. The standard InChI is InChI=1S/C34H39Cl2N3O4.ClH/c1-21-16-29(35)32(30(36)17-21)43-15-14-42-27-10-6-25(7-11-27)33(40)38-31-12-13-37-19-28(31)34(41)39(26-8-9-26)20-24-5-4-22(2)23(3)18-24;/h4-7,10-11,16-18,26,28,31,37H,8-9,12-15,19-20H2,1-3H3,(H,38,40);1H/t28?,31-;/m0./s1. The Morgan fingerprint density at radius 2 is 1.59 bits per heavy atom. The molecule has 7 nitrogen and oxygen atoms in total. The van der Waals surface area contributed by atoms with Gasteiger partial charge in [-0.25, -0.2) is 0 Å². The Morgan fingerprint density at radius 3 is 2.25 bits per heavy atom. The molecule has 10 heteroatoms. The van der Waals surface area contributed by atoms with E-state index in [1.54, 1.807) is 36.4 Å². The number of halogens is 3. The van der Waals surface area contributed by atoms with E-state index in [0.29, 0.717) is 46.6 Å². The number of aryl methyl sites for hydroxylation is 3. The molecule has 0 spiro atoms. The van der Waals surface area contributed by atoms with Gasteiger partial charge in [-0.15, -0.1) is 12.4 Å². The Hall–Kier alpha value is -2.97. The number of nitrogens with one attached hydrogen (secondary N) is 2. The minimum atomic E-state index is -0.317. The normalized spacial score (nSPS) is 17.8. The van der Waals surface area contributed by atoms with Crippen molar-refractivity contribution in [3.05, 3.63) is 92.5 Å². The maximum absolute atomic E-state index is 13.9. The lowest BCUT2D eigenvalue weighted by atomic mass is 9.91. The van der Waals surface area contributed by atoms with Crippen molar-refractivity contribution in [2.75, 3.05) is 26.3 Å². The summed E-state index contributed by atoms with van der Waals surface area (Å²) in [6, 6.07) is 17.0. The van der Waals surface area contributed by atoms with Crippen molar-refractivity contribution in [1.29, 1.82) is 0 Å². The predicted molar refractivity (Wildman–Crippen MR) is 178 cm³/mol. The summed E-state index contributed by atoms with van der Waals surface area (Å²) in [7, 11) is 0. The zero-order valence-electron chi connectivity index (χ0n) is 25.3. The predicted octanol–water partition coefficient (Wildman–Crippen LogP) is 6.70. The van der Waals surface area contributed by atoms with Gasteiger partial charge < -0.3 is 25.0 Å². The molecule has 1 heterocycles. The Balaban J connectivity index is 0.00000442. The number of carbonyl (C=O) groups is 2. The van der Waals surface area contributed by atoms with Crippen molar-refractivity contribution in [2.24, 2.45) is 5.92 Å². The van der Waals surface area contributed by atoms with E-state index in [0.717, 1.165) is 30.5 Å². The fraction of sp³-hybridized carbons (Fsp3) is 0.412. The monoisotopic (exact) mass is 659 g/mol. The highest BCUT2D eigenvalue weighted by Gasteiger charge is 2.40. The lowest BCUT2D eigenvalue weighted by Gasteiger charge is -2.36. The Morgan fingerprint density at radius 1 is 0.909 bits per heavy atom. The first-order valence-electron chi connectivity index (χ1n) is 14.9. The molecule has 1 unspecified atom stereocenters. The van der Waals surface area contributed by atoms with Crippen molar-refractivity contribution in [2.45, 2.75) is 58.7 Å². The third kappa shape index (κ3) is 8.60. The van der Waals surface area contributed by atoms with Gasteiger partial charge in [0.2, 0.25) is 5.91 Å². The van der Waals surface area contributed by atoms with E-state index in [4.69, 9.17) is 32.7 Å². The number of rotatable bonds is 11. The second-order valence-corrected chi connectivity index (χ2v) is 12.4. The highest BCUT2D eigenvalue weighted by atomic mass is 35.5. The molecule has 2 amide bonds. The van der Waals surface area contributed by atoms with Gasteiger partial charge in [-0.2, -0.15) is 0 Å². The summed E-state index contributed by atoms with van der Waals surface area (Å²) in [4.78, 5) is 29.1. The van der Waals surface area contributed by atoms with E-state index in [-0.39, 0.29) is 55.4 Å². The van der Waals surface area contributed by atoms with Crippen molar-refractivity contribution >= 4 is 47.4 Å². The molecule has 3 aromatic rings. The first-order valence-corrected chi connectivity index (χ1v) is 15.6. The summed E-state index contributed by atoms with van der Waals surface area (Å²) in [6.45, 7) is 8.56. The summed E-state index contributed by atoms with van der Waals surface area (Å²) in [6.07, 6.45) is 2.75. The van der Waals surface area contributed by atoms with Gasteiger partial charge in [-0.3, -0.25) is 9.59 Å². The highest BCUT2D eigenvalue weighted by molar-refractivity contribution is 6.37. The third-order valence-electron chi connectivity index (χ3n) is 8.17. The molecule has 1 aliphatic heterocycles. The highest BCUT2D eigenvalue weighted by Crippen LogP contribution is 2.34. The molecule has 44 heavy (non-hydrogen) atoms. The molecule has 0 radical (unpaired) electrons. The summed E-state index contributed by atoms with van der Waals surface area (Å²) in [5.74, 6) is 0.642. The minimum absolute atomic E-state index is 0. The molecule has 2 aliphatic rings. The van der Waals surface area contributed by atoms with Crippen LogP contribution in [0.4, 0.5) is 0 Å². The molecule has 2 atom stereocenters. The van der Waals surface area contributed by atoms with Crippen LogP contribution in [0.15, 0.2) is 54.6 Å². The van der Waals surface area contributed by atoms with Crippen LogP contribution in [0.25, 0.3) is 0 Å². The summed E-state index contributed by atoms with van der Waals surface area (Å²) >= 11 is 12.5. The van der Waals surface area contributed by atoms with Crippen molar-refractivity contribution < 1.29 is 19.1 Å². The van der Waals surface area contributed by atoms with E-state index in [9.17, 15) is 9.59 Å². The Labute approximate surface area is 276 Å².